The summed E-state index contributed by atoms with van der Waals surface area (Å²) in [5.74, 6) is 1.08. The first-order valence-corrected chi connectivity index (χ1v) is 5.68. The fourth-order valence-electron chi connectivity index (χ4n) is 1.47. The summed E-state index contributed by atoms with van der Waals surface area (Å²) in [5.41, 5.74) is 0.960. The Balaban J connectivity index is 2.19. The highest BCUT2D eigenvalue weighted by Crippen LogP contribution is 2.27. The summed E-state index contributed by atoms with van der Waals surface area (Å²) in [6.07, 6.45) is 0.757. The molecule has 0 amide bonds. The fourth-order valence-corrected chi connectivity index (χ4v) is 1.64. The van der Waals surface area contributed by atoms with E-state index < -0.39 is 6.67 Å². The Morgan fingerprint density at radius 1 is 1.11 bits per heavy atom. The third-order valence-corrected chi connectivity index (χ3v) is 2.78. The van der Waals surface area contributed by atoms with Gasteiger partial charge in [0.2, 0.25) is 0 Å². The fraction of sp³-hybridized carbons (Fsp3) is 0.0714. The van der Waals surface area contributed by atoms with Gasteiger partial charge in [-0.15, -0.1) is 0 Å². The molecule has 0 aliphatic rings. The summed E-state index contributed by atoms with van der Waals surface area (Å²) < 4.78 is 18.2. The van der Waals surface area contributed by atoms with Gasteiger partial charge in [-0.3, -0.25) is 4.79 Å². The van der Waals surface area contributed by atoms with Gasteiger partial charge in [0.15, 0.2) is 0 Å². The maximum absolute atomic E-state index is 12.6. The molecule has 0 saturated carbocycles. The number of alkyl halides is 1. The van der Waals surface area contributed by atoms with Crippen LogP contribution < -0.4 is 4.74 Å². The van der Waals surface area contributed by atoms with E-state index in [1.807, 2.05) is 0 Å². The number of halogens is 2. The molecule has 0 atom stereocenters. The number of rotatable bonds is 4. The van der Waals surface area contributed by atoms with Gasteiger partial charge in [0, 0.05) is 16.1 Å². The smallest absolute Gasteiger partial charge is 0.150 e. The number of carbonyl (C=O) groups is 1. The van der Waals surface area contributed by atoms with Crippen LogP contribution in [0.5, 0.6) is 11.5 Å². The van der Waals surface area contributed by atoms with Crippen molar-refractivity contribution < 1.29 is 13.9 Å². The van der Waals surface area contributed by atoms with Crippen LogP contribution >= 0.6 is 11.6 Å². The lowest BCUT2D eigenvalue weighted by Gasteiger charge is -2.07. The minimum atomic E-state index is -0.639. The van der Waals surface area contributed by atoms with Crippen molar-refractivity contribution in [1.29, 1.82) is 0 Å². The highest BCUT2D eigenvalue weighted by molar-refractivity contribution is 6.31. The molecule has 0 saturated heterocycles. The van der Waals surface area contributed by atoms with Gasteiger partial charge < -0.3 is 4.74 Å². The Labute approximate surface area is 109 Å². The first-order valence-electron chi connectivity index (χ1n) is 5.30. The van der Waals surface area contributed by atoms with Gasteiger partial charge in [-0.1, -0.05) is 11.6 Å². The highest BCUT2D eigenvalue weighted by Gasteiger charge is 2.03. The van der Waals surface area contributed by atoms with E-state index in [9.17, 15) is 9.18 Å². The first kappa shape index (κ1) is 12.6. The minimum Gasteiger partial charge on any atom is -0.457 e. The largest absolute Gasteiger partial charge is 0.457 e. The zero-order valence-electron chi connectivity index (χ0n) is 9.40. The van der Waals surface area contributed by atoms with Gasteiger partial charge in [-0.05, 0) is 42.5 Å². The molecule has 0 unspecified atom stereocenters. The predicted molar refractivity (Wildman–Crippen MR) is 68.2 cm³/mol. The summed E-state index contributed by atoms with van der Waals surface area (Å²) in [7, 11) is 0. The van der Waals surface area contributed by atoms with E-state index in [0.717, 1.165) is 6.29 Å². The molecule has 2 aromatic carbocycles. The maximum Gasteiger partial charge on any atom is 0.150 e. The number of carbonyl (C=O) groups excluding carboxylic acids is 1. The van der Waals surface area contributed by atoms with E-state index >= 15 is 0 Å². The van der Waals surface area contributed by atoms with E-state index in [0.29, 0.717) is 27.6 Å². The van der Waals surface area contributed by atoms with Crippen molar-refractivity contribution >= 4 is 17.9 Å². The average molecular weight is 265 g/mol. The van der Waals surface area contributed by atoms with Gasteiger partial charge in [-0.2, -0.15) is 0 Å². The molecule has 2 aromatic rings. The Kier molecular flexibility index (Phi) is 3.95. The van der Waals surface area contributed by atoms with Crippen LogP contribution in [0.4, 0.5) is 4.39 Å². The van der Waals surface area contributed by atoms with E-state index in [-0.39, 0.29) is 0 Å². The van der Waals surface area contributed by atoms with Crippen molar-refractivity contribution in [3.8, 4) is 11.5 Å². The van der Waals surface area contributed by atoms with Crippen molar-refractivity contribution in [1.82, 2.24) is 0 Å². The number of ether oxygens (including phenoxy) is 1. The van der Waals surface area contributed by atoms with Crippen molar-refractivity contribution in [2.45, 2.75) is 6.67 Å². The average Bonchev–Trinajstić information content (AvgIpc) is 2.42. The topological polar surface area (TPSA) is 26.3 Å². The summed E-state index contributed by atoms with van der Waals surface area (Å²) in [6.45, 7) is -0.639. The number of aldehydes is 1. The molecule has 2 nitrogen and oxygen atoms in total. The van der Waals surface area contributed by atoms with Gasteiger partial charge >= 0.3 is 0 Å². The monoisotopic (exact) mass is 264 g/mol. The Morgan fingerprint density at radius 3 is 2.39 bits per heavy atom. The van der Waals surface area contributed by atoms with Gasteiger partial charge in [0.1, 0.15) is 24.5 Å². The van der Waals surface area contributed by atoms with Crippen LogP contribution in [0.2, 0.25) is 5.02 Å². The SMILES string of the molecule is O=Cc1ccc(Oc2ccc(Cl)c(CF)c2)cc1. The normalized spacial score (nSPS) is 10.1. The van der Waals surface area contributed by atoms with Crippen molar-refractivity contribution in [3.63, 3.8) is 0 Å². The molecule has 0 heterocycles. The van der Waals surface area contributed by atoms with E-state index in [1.54, 1.807) is 42.5 Å². The van der Waals surface area contributed by atoms with Crippen LogP contribution in [-0.4, -0.2) is 6.29 Å². The lowest BCUT2D eigenvalue weighted by molar-refractivity contribution is 0.112. The van der Waals surface area contributed by atoms with E-state index in [4.69, 9.17) is 16.3 Å². The molecule has 4 heteroatoms. The highest BCUT2D eigenvalue weighted by atomic mass is 35.5. The van der Waals surface area contributed by atoms with Crippen LogP contribution in [0.1, 0.15) is 15.9 Å². The Morgan fingerprint density at radius 2 is 1.78 bits per heavy atom. The molecule has 18 heavy (non-hydrogen) atoms. The second-order valence-electron chi connectivity index (χ2n) is 3.68. The maximum atomic E-state index is 12.6. The number of hydrogen-bond donors (Lipinski definition) is 0. The molecule has 0 fully saturated rings. The molecular formula is C14H10ClFO2. The third kappa shape index (κ3) is 2.87. The molecule has 0 N–H and O–H groups in total. The quantitative estimate of drug-likeness (QED) is 0.765. The first-order chi connectivity index (χ1) is 8.72. The van der Waals surface area contributed by atoms with Gasteiger partial charge in [0.25, 0.3) is 0 Å². The van der Waals surface area contributed by atoms with Crippen LogP contribution in [0.25, 0.3) is 0 Å². The van der Waals surface area contributed by atoms with E-state index in [2.05, 4.69) is 0 Å². The van der Waals surface area contributed by atoms with Gasteiger partial charge in [0.05, 0.1) is 0 Å². The van der Waals surface area contributed by atoms with Crippen LogP contribution in [0.3, 0.4) is 0 Å². The zero-order chi connectivity index (χ0) is 13.0. The number of hydrogen-bond acceptors (Lipinski definition) is 2. The summed E-state index contributed by atoms with van der Waals surface area (Å²) in [5, 5.41) is 0.376. The van der Waals surface area contributed by atoms with Crippen molar-refractivity contribution in [2.24, 2.45) is 0 Å². The van der Waals surface area contributed by atoms with Crippen LogP contribution in [0.15, 0.2) is 42.5 Å². The lowest BCUT2D eigenvalue weighted by Crippen LogP contribution is -1.88. The Bertz CT molecular complexity index is 552. The molecule has 0 bridgehead atoms. The molecule has 0 spiro atoms. The third-order valence-electron chi connectivity index (χ3n) is 2.41. The molecule has 0 aromatic heterocycles. The zero-order valence-corrected chi connectivity index (χ0v) is 10.2. The van der Waals surface area contributed by atoms with Crippen molar-refractivity contribution in [3.05, 3.63) is 58.6 Å². The second kappa shape index (κ2) is 5.65. The van der Waals surface area contributed by atoms with Crippen molar-refractivity contribution in [2.75, 3.05) is 0 Å². The van der Waals surface area contributed by atoms with Crippen LogP contribution in [0, 0.1) is 0 Å². The summed E-state index contributed by atoms with van der Waals surface area (Å²) >= 11 is 5.80. The Hall–Kier alpha value is -1.87. The molecule has 92 valence electrons. The summed E-state index contributed by atoms with van der Waals surface area (Å²) in [4.78, 5) is 10.5. The minimum absolute atomic E-state index is 0.376. The van der Waals surface area contributed by atoms with Crippen LogP contribution in [-0.2, 0) is 6.67 Å². The standard InChI is InChI=1S/C14H10ClFO2/c15-14-6-5-13(7-11(14)8-16)18-12-3-1-10(9-17)2-4-12/h1-7,9H,8H2. The lowest BCUT2D eigenvalue weighted by atomic mass is 10.2. The second-order valence-corrected chi connectivity index (χ2v) is 4.08. The van der Waals surface area contributed by atoms with Gasteiger partial charge in [-0.25, -0.2) is 4.39 Å². The molecular weight excluding hydrogens is 255 g/mol. The molecule has 0 aliphatic heterocycles. The molecule has 2 rings (SSSR count). The molecule has 0 aliphatic carbocycles. The summed E-state index contributed by atoms with van der Waals surface area (Å²) in [6, 6.07) is 11.4. The van der Waals surface area contributed by atoms with E-state index in [1.165, 1.54) is 0 Å². The predicted octanol–water partition coefficient (Wildman–Crippen LogP) is 4.41. The number of benzene rings is 2. The molecule has 0 radical (unpaired) electrons.